The summed E-state index contributed by atoms with van der Waals surface area (Å²) in [6.45, 7) is 1.99. The number of hydrogen-bond donors (Lipinski definition) is 1. The summed E-state index contributed by atoms with van der Waals surface area (Å²) in [5.74, 6) is -0.447. The molecule has 0 bridgehead atoms. The van der Waals surface area contributed by atoms with Crippen LogP contribution in [0.1, 0.15) is 24.5 Å². The largest absolute Gasteiger partial charge is 0.325 e. The molecule has 2 amide bonds. The molecular formula is C25H22ClN3O2. The van der Waals surface area contributed by atoms with E-state index >= 15 is 0 Å². The Morgan fingerprint density at radius 2 is 1.74 bits per heavy atom. The molecule has 1 heterocycles. The van der Waals surface area contributed by atoms with Gasteiger partial charge in [-0.25, -0.2) is 0 Å². The lowest BCUT2D eigenvalue weighted by molar-refractivity contribution is -0.120. The molecule has 31 heavy (non-hydrogen) atoms. The van der Waals surface area contributed by atoms with Gasteiger partial charge in [-0.05, 0) is 53.9 Å². The van der Waals surface area contributed by atoms with Gasteiger partial charge in [-0.2, -0.15) is 0 Å². The summed E-state index contributed by atoms with van der Waals surface area (Å²) >= 11 is 6.00. The summed E-state index contributed by atoms with van der Waals surface area (Å²) in [5, 5.41) is 3.50. The van der Waals surface area contributed by atoms with Gasteiger partial charge in [0.25, 0.3) is 0 Å². The maximum absolute atomic E-state index is 13.1. The Bertz CT molecular complexity index is 1140. The number of halogens is 1. The topological polar surface area (TPSA) is 61.8 Å². The highest BCUT2D eigenvalue weighted by molar-refractivity contribution is 6.30. The monoisotopic (exact) mass is 431 g/mol. The lowest BCUT2D eigenvalue weighted by atomic mass is 10.1. The molecule has 6 heteroatoms. The fourth-order valence-electron chi connectivity index (χ4n) is 3.50. The van der Waals surface area contributed by atoms with Crippen LogP contribution in [0, 0.1) is 0 Å². The third-order valence-electron chi connectivity index (χ3n) is 5.17. The molecule has 0 saturated carbocycles. The van der Waals surface area contributed by atoms with E-state index in [4.69, 9.17) is 16.6 Å². The number of aliphatic imine (C=N–C) groups is 1. The molecule has 3 aromatic rings. The molecule has 0 aliphatic carbocycles. The zero-order valence-corrected chi connectivity index (χ0v) is 17.9. The van der Waals surface area contributed by atoms with E-state index in [1.165, 1.54) is 10.5 Å². The molecule has 0 aromatic heterocycles. The third-order valence-corrected chi connectivity index (χ3v) is 5.42. The number of carbonyl (C=O) groups is 2. The average molecular weight is 432 g/mol. The van der Waals surface area contributed by atoms with E-state index in [0.29, 0.717) is 27.8 Å². The number of fused-ring (bicyclic) bond motifs is 1. The lowest BCUT2D eigenvalue weighted by Gasteiger charge is -2.22. The number of aryl methyl sites for hydroxylation is 1. The average Bonchev–Trinajstić information content (AvgIpc) is 2.91. The second-order valence-corrected chi connectivity index (χ2v) is 7.75. The molecule has 1 aliphatic heterocycles. The van der Waals surface area contributed by atoms with E-state index in [-0.39, 0.29) is 24.8 Å². The van der Waals surface area contributed by atoms with Crippen LogP contribution in [-0.2, 0) is 16.0 Å². The van der Waals surface area contributed by atoms with Crippen molar-refractivity contribution in [1.82, 2.24) is 0 Å². The van der Waals surface area contributed by atoms with Crippen LogP contribution in [0.15, 0.2) is 77.8 Å². The SMILES string of the molecule is CCc1ccc(NC(=O)CN2C(=O)CC(c3ccc(Cl)cc3)=Nc3ccccc32)cc1. The van der Waals surface area contributed by atoms with Gasteiger partial charge < -0.3 is 10.2 Å². The number of para-hydroxylation sites is 2. The Hall–Kier alpha value is -3.44. The van der Waals surface area contributed by atoms with Gasteiger partial charge in [0, 0.05) is 10.7 Å². The van der Waals surface area contributed by atoms with Crippen molar-refractivity contribution in [1.29, 1.82) is 0 Å². The van der Waals surface area contributed by atoms with Crippen LogP contribution in [-0.4, -0.2) is 24.1 Å². The van der Waals surface area contributed by atoms with Crippen LogP contribution in [0.5, 0.6) is 0 Å². The van der Waals surface area contributed by atoms with Crippen molar-refractivity contribution in [3.63, 3.8) is 0 Å². The third kappa shape index (κ3) is 4.84. The van der Waals surface area contributed by atoms with E-state index in [0.717, 1.165) is 12.0 Å². The highest BCUT2D eigenvalue weighted by Gasteiger charge is 2.26. The van der Waals surface area contributed by atoms with E-state index < -0.39 is 0 Å². The van der Waals surface area contributed by atoms with Crippen LogP contribution in [0.25, 0.3) is 0 Å². The first-order valence-corrected chi connectivity index (χ1v) is 10.5. The second kappa shape index (κ2) is 9.14. The Balaban J connectivity index is 1.57. The molecule has 0 unspecified atom stereocenters. The first-order valence-electron chi connectivity index (χ1n) is 10.1. The Kier molecular flexibility index (Phi) is 6.14. The number of nitrogens with zero attached hydrogens (tertiary/aromatic N) is 2. The van der Waals surface area contributed by atoms with E-state index in [2.05, 4.69) is 12.2 Å². The molecule has 0 saturated heterocycles. The Morgan fingerprint density at radius 3 is 2.45 bits per heavy atom. The van der Waals surface area contributed by atoms with Gasteiger partial charge in [-0.3, -0.25) is 14.6 Å². The highest BCUT2D eigenvalue weighted by atomic mass is 35.5. The van der Waals surface area contributed by atoms with Crippen LogP contribution >= 0.6 is 11.6 Å². The van der Waals surface area contributed by atoms with E-state index in [1.807, 2.05) is 60.7 Å². The van der Waals surface area contributed by atoms with Gasteiger partial charge in [0.1, 0.15) is 6.54 Å². The standard InChI is InChI=1S/C25H22ClN3O2/c1-2-17-7-13-20(14-8-17)27-24(30)16-29-23-6-4-3-5-21(23)28-22(15-25(29)31)18-9-11-19(26)12-10-18/h3-14H,2,15-16H2,1H3,(H,27,30). The number of rotatable bonds is 5. The zero-order valence-electron chi connectivity index (χ0n) is 17.1. The van der Waals surface area contributed by atoms with Gasteiger partial charge in [0.15, 0.2) is 0 Å². The van der Waals surface area contributed by atoms with Crippen molar-refractivity contribution < 1.29 is 9.59 Å². The Labute approximate surface area is 186 Å². The number of hydrogen-bond acceptors (Lipinski definition) is 3. The van der Waals surface area contributed by atoms with Crippen LogP contribution in [0.4, 0.5) is 17.1 Å². The molecule has 1 aliphatic rings. The Morgan fingerprint density at radius 1 is 1.03 bits per heavy atom. The maximum Gasteiger partial charge on any atom is 0.244 e. The van der Waals surface area contributed by atoms with Crippen LogP contribution < -0.4 is 10.2 Å². The lowest BCUT2D eigenvalue weighted by Crippen LogP contribution is -2.38. The summed E-state index contributed by atoms with van der Waals surface area (Å²) in [7, 11) is 0. The first-order chi connectivity index (χ1) is 15.0. The van der Waals surface area contributed by atoms with Gasteiger partial charge in [-0.15, -0.1) is 0 Å². The van der Waals surface area contributed by atoms with Gasteiger partial charge >= 0.3 is 0 Å². The molecule has 0 radical (unpaired) electrons. The fourth-order valence-corrected chi connectivity index (χ4v) is 3.62. The zero-order chi connectivity index (χ0) is 21.8. The predicted octanol–water partition coefficient (Wildman–Crippen LogP) is 5.40. The predicted molar refractivity (Wildman–Crippen MR) is 126 cm³/mol. The minimum absolute atomic E-state index is 0.0885. The van der Waals surface area contributed by atoms with Crippen molar-refractivity contribution in [2.75, 3.05) is 16.8 Å². The summed E-state index contributed by atoms with van der Waals surface area (Å²) in [6, 6.07) is 22.3. The molecule has 156 valence electrons. The van der Waals surface area contributed by atoms with Crippen molar-refractivity contribution in [2.24, 2.45) is 4.99 Å². The number of benzene rings is 3. The molecule has 0 spiro atoms. The molecule has 4 rings (SSSR count). The van der Waals surface area contributed by atoms with Gasteiger partial charge in [0.05, 0.1) is 23.5 Å². The van der Waals surface area contributed by atoms with Crippen LogP contribution in [0.2, 0.25) is 5.02 Å². The highest BCUT2D eigenvalue weighted by Crippen LogP contribution is 2.33. The van der Waals surface area contributed by atoms with Crippen molar-refractivity contribution in [3.8, 4) is 0 Å². The molecule has 5 nitrogen and oxygen atoms in total. The number of amides is 2. The van der Waals surface area contributed by atoms with E-state index in [1.54, 1.807) is 12.1 Å². The van der Waals surface area contributed by atoms with Crippen LogP contribution in [0.3, 0.4) is 0 Å². The summed E-state index contributed by atoms with van der Waals surface area (Å²) < 4.78 is 0. The maximum atomic E-state index is 13.1. The second-order valence-electron chi connectivity index (χ2n) is 7.31. The molecular weight excluding hydrogens is 410 g/mol. The van der Waals surface area contributed by atoms with Crippen molar-refractivity contribution >= 4 is 46.2 Å². The summed E-state index contributed by atoms with van der Waals surface area (Å²) in [4.78, 5) is 32.1. The molecule has 1 N–H and O–H groups in total. The fraction of sp³-hybridized carbons (Fsp3) is 0.160. The first kappa shape index (κ1) is 20.8. The van der Waals surface area contributed by atoms with E-state index in [9.17, 15) is 9.59 Å². The minimum Gasteiger partial charge on any atom is -0.325 e. The number of nitrogens with one attached hydrogen (secondary N) is 1. The summed E-state index contributed by atoms with van der Waals surface area (Å²) in [5.41, 5.74) is 4.64. The molecule has 0 fully saturated rings. The number of carbonyl (C=O) groups excluding carboxylic acids is 2. The van der Waals surface area contributed by atoms with Gasteiger partial charge in [0.2, 0.25) is 11.8 Å². The smallest absolute Gasteiger partial charge is 0.244 e. The van der Waals surface area contributed by atoms with Gasteiger partial charge in [-0.1, -0.05) is 54.9 Å². The van der Waals surface area contributed by atoms with Crippen molar-refractivity contribution in [3.05, 3.63) is 88.9 Å². The molecule has 0 atom stereocenters. The summed E-state index contributed by atoms with van der Waals surface area (Å²) in [6.07, 6.45) is 1.03. The number of anilines is 2. The quantitative estimate of drug-likeness (QED) is 0.588. The van der Waals surface area contributed by atoms with Crippen molar-refractivity contribution in [2.45, 2.75) is 19.8 Å². The normalized spacial score (nSPS) is 13.3. The minimum atomic E-state index is -0.262. The molecule has 3 aromatic carbocycles.